The fraction of sp³-hybridized carbons (Fsp3) is 0.323. The van der Waals surface area contributed by atoms with Crippen molar-refractivity contribution in [2.75, 3.05) is 27.2 Å². The van der Waals surface area contributed by atoms with Crippen LogP contribution in [0, 0.1) is 24.6 Å². The molecule has 3 N–H and O–H groups in total. The molecule has 0 saturated carbocycles. The van der Waals surface area contributed by atoms with E-state index in [1.807, 2.05) is 19.0 Å². The highest BCUT2D eigenvalue weighted by Crippen LogP contribution is 2.46. The molecule has 1 aliphatic rings. The number of hydrogen-bond donors (Lipinski definition) is 3. The molecule has 0 radical (unpaired) electrons. The molecule has 1 fully saturated rings. The molecule has 40 heavy (non-hydrogen) atoms. The lowest BCUT2D eigenvalue weighted by atomic mass is 9.64. The predicted molar refractivity (Wildman–Crippen MR) is 147 cm³/mol. The van der Waals surface area contributed by atoms with E-state index in [4.69, 9.17) is 0 Å². The first-order valence-corrected chi connectivity index (χ1v) is 13.1. The molecular weight excluding hydrogens is 515 g/mol. The SMILES string of the molecule is Cc1c(F)cccc1C1C(C(=O)c2cccc(O)c2)CN(C(=O)O)C(CCN(C)C)C1C(=O)c1cccc(O)c1. The van der Waals surface area contributed by atoms with Crippen molar-refractivity contribution in [3.05, 3.63) is 94.8 Å². The first-order chi connectivity index (χ1) is 19.0. The third-order valence-corrected chi connectivity index (χ3v) is 7.72. The molecule has 4 atom stereocenters. The molecule has 4 unspecified atom stereocenters. The Bertz CT molecular complexity index is 1420. The zero-order chi connectivity index (χ0) is 29.1. The van der Waals surface area contributed by atoms with Crippen molar-refractivity contribution in [1.82, 2.24) is 9.80 Å². The Morgan fingerprint density at radius 3 is 2.05 bits per heavy atom. The lowest BCUT2D eigenvalue weighted by Crippen LogP contribution is -2.58. The molecule has 1 saturated heterocycles. The molecule has 210 valence electrons. The van der Waals surface area contributed by atoms with Crippen LogP contribution < -0.4 is 0 Å². The number of carboxylic acid groups (broad SMARTS) is 1. The number of benzene rings is 3. The smallest absolute Gasteiger partial charge is 0.407 e. The largest absolute Gasteiger partial charge is 0.508 e. The van der Waals surface area contributed by atoms with E-state index in [9.17, 15) is 34.1 Å². The fourth-order valence-electron chi connectivity index (χ4n) is 5.79. The van der Waals surface area contributed by atoms with Crippen molar-refractivity contribution in [2.45, 2.75) is 25.3 Å². The molecule has 0 bridgehead atoms. The van der Waals surface area contributed by atoms with Crippen LogP contribution in [-0.4, -0.2) is 76.0 Å². The molecule has 0 aliphatic carbocycles. The van der Waals surface area contributed by atoms with Gasteiger partial charge in [0.1, 0.15) is 17.3 Å². The molecule has 0 aromatic heterocycles. The number of rotatable bonds is 8. The second-order valence-electron chi connectivity index (χ2n) is 10.5. The van der Waals surface area contributed by atoms with Crippen molar-refractivity contribution in [3.8, 4) is 11.5 Å². The molecule has 8 nitrogen and oxygen atoms in total. The summed E-state index contributed by atoms with van der Waals surface area (Å²) in [5.41, 5.74) is 1.03. The van der Waals surface area contributed by atoms with Crippen LogP contribution in [0.2, 0.25) is 0 Å². The van der Waals surface area contributed by atoms with E-state index in [2.05, 4.69) is 0 Å². The minimum absolute atomic E-state index is 0.132. The maximum Gasteiger partial charge on any atom is 0.407 e. The molecule has 1 heterocycles. The fourth-order valence-corrected chi connectivity index (χ4v) is 5.79. The number of halogens is 1. The average Bonchev–Trinajstić information content (AvgIpc) is 2.91. The summed E-state index contributed by atoms with van der Waals surface area (Å²) in [7, 11) is 3.67. The quantitative estimate of drug-likeness (QED) is 0.341. The van der Waals surface area contributed by atoms with E-state index in [0.29, 0.717) is 12.1 Å². The molecule has 4 rings (SSSR count). The van der Waals surface area contributed by atoms with Crippen LogP contribution in [-0.2, 0) is 0 Å². The summed E-state index contributed by atoms with van der Waals surface area (Å²) < 4.78 is 15.0. The van der Waals surface area contributed by atoms with Gasteiger partial charge in [0.25, 0.3) is 0 Å². The maximum absolute atomic E-state index is 15.0. The van der Waals surface area contributed by atoms with Gasteiger partial charge in [0.2, 0.25) is 0 Å². The highest BCUT2D eigenvalue weighted by molar-refractivity contribution is 6.03. The van der Waals surface area contributed by atoms with E-state index < -0.39 is 47.3 Å². The van der Waals surface area contributed by atoms with Crippen LogP contribution in [0.15, 0.2) is 66.7 Å². The number of phenols is 2. The summed E-state index contributed by atoms with van der Waals surface area (Å²) in [6.45, 7) is 1.82. The van der Waals surface area contributed by atoms with Gasteiger partial charge in [-0.25, -0.2) is 9.18 Å². The van der Waals surface area contributed by atoms with Gasteiger partial charge >= 0.3 is 6.09 Å². The van der Waals surface area contributed by atoms with Crippen LogP contribution in [0.3, 0.4) is 0 Å². The minimum Gasteiger partial charge on any atom is -0.508 e. The summed E-state index contributed by atoms with van der Waals surface area (Å²) in [6, 6.07) is 15.2. The van der Waals surface area contributed by atoms with Crippen LogP contribution in [0.25, 0.3) is 0 Å². The summed E-state index contributed by atoms with van der Waals surface area (Å²) in [4.78, 5) is 44.0. The second-order valence-corrected chi connectivity index (χ2v) is 10.5. The van der Waals surface area contributed by atoms with Gasteiger partial charge in [-0.3, -0.25) is 9.59 Å². The number of piperidine rings is 1. The predicted octanol–water partition coefficient (Wildman–Crippen LogP) is 4.94. The standard InChI is InChI=1S/C31H33FN2O6/c1-18-23(11-6-12-25(18)32)27-24(29(37)19-7-4-9-21(35)15-19)17-34(31(39)40)26(13-14-33(2)3)28(27)30(38)20-8-5-10-22(36)16-20/h4-12,15-16,24,26-28,35-36H,13-14,17H2,1-3H3,(H,39,40). The molecule has 1 aliphatic heterocycles. The van der Waals surface area contributed by atoms with E-state index >= 15 is 0 Å². The third-order valence-electron chi connectivity index (χ3n) is 7.72. The first-order valence-electron chi connectivity index (χ1n) is 13.1. The van der Waals surface area contributed by atoms with Gasteiger partial charge in [0, 0.05) is 35.5 Å². The molecule has 0 spiro atoms. The summed E-state index contributed by atoms with van der Waals surface area (Å²) in [6.07, 6.45) is -0.993. The van der Waals surface area contributed by atoms with E-state index in [0.717, 1.165) is 4.90 Å². The Labute approximate surface area is 232 Å². The van der Waals surface area contributed by atoms with Crippen molar-refractivity contribution in [2.24, 2.45) is 11.8 Å². The normalized spacial score (nSPS) is 20.9. The summed E-state index contributed by atoms with van der Waals surface area (Å²) in [5.74, 6) is -4.69. The van der Waals surface area contributed by atoms with E-state index in [-0.39, 0.29) is 41.2 Å². The number of nitrogens with zero attached hydrogens (tertiary/aromatic N) is 2. The van der Waals surface area contributed by atoms with Crippen LogP contribution in [0.4, 0.5) is 9.18 Å². The van der Waals surface area contributed by atoms with Gasteiger partial charge in [-0.15, -0.1) is 0 Å². The zero-order valence-electron chi connectivity index (χ0n) is 22.6. The highest BCUT2D eigenvalue weighted by atomic mass is 19.1. The van der Waals surface area contributed by atoms with Crippen LogP contribution in [0.1, 0.15) is 44.2 Å². The van der Waals surface area contributed by atoms with Crippen LogP contribution >= 0.6 is 0 Å². The molecular formula is C31H33FN2O6. The number of ketones is 2. The van der Waals surface area contributed by atoms with Gasteiger partial charge in [0.05, 0.1) is 5.92 Å². The highest BCUT2D eigenvalue weighted by Gasteiger charge is 2.51. The minimum atomic E-state index is -1.28. The second kappa shape index (κ2) is 11.9. The maximum atomic E-state index is 15.0. The van der Waals surface area contributed by atoms with Gasteiger partial charge in [-0.1, -0.05) is 36.4 Å². The average molecular weight is 549 g/mol. The molecule has 3 aromatic carbocycles. The number of carbonyl (C=O) groups is 3. The first kappa shape index (κ1) is 28.8. The van der Waals surface area contributed by atoms with Crippen molar-refractivity contribution >= 4 is 17.7 Å². The Morgan fingerprint density at radius 1 is 0.925 bits per heavy atom. The summed E-state index contributed by atoms with van der Waals surface area (Å²) >= 11 is 0. The van der Waals surface area contributed by atoms with E-state index in [1.54, 1.807) is 13.0 Å². The van der Waals surface area contributed by atoms with Gasteiger partial charge in [0.15, 0.2) is 11.6 Å². The van der Waals surface area contributed by atoms with Gasteiger partial charge in [-0.05, 0) is 75.4 Å². The number of likely N-dealkylation sites (tertiary alicyclic amines) is 1. The van der Waals surface area contributed by atoms with E-state index in [1.165, 1.54) is 60.7 Å². The number of Topliss-reactive ketones (excluding diaryl/α,β-unsaturated/α-hetero) is 2. The third kappa shape index (κ3) is 5.84. The Kier molecular flexibility index (Phi) is 8.54. The molecule has 9 heteroatoms. The monoisotopic (exact) mass is 548 g/mol. The van der Waals surface area contributed by atoms with Crippen LogP contribution in [0.5, 0.6) is 11.5 Å². The Hall–Kier alpha value is -4.24. The van der Waals surface area contributed by atoms with Crippen molar-refractivity contribution < 1.29 is 34.1 Å². The number of amides is 1. The lowest BCUT2D eigenvalue weighted by Gasteiger charge is -2.48. The number of phenolic OH excluding ortho intramolecular Hbond substituents is 2. The topological polar surface area (TPSA) is 118 Å². The Balaban J connectivity index is 1.97. The van der Waals surface area contributed by atoms with Crippen molar-refractivity contribution in [3.63, 3.8) is 0 Å². The Morgan fingerprint density at radius 2 is 1.50 bits per heavy atom. The number of aromatic hydroxyl groups is 2. The number of carbonyl (C=O) groups excluding carboxylic acids is 2. The number of hydrogen-bond acceptors (Lipinski definition) is 6. The summed E-state index contributed by atoms with van der Waals surface area (Å²) in [5, 5.41) is 30.5. The van der Waals surface area contributed by atoms with Gasteiger partial charge < -0.3 is 25.1 Å². The lowest BCUT2D eigenvalue weighted by molar-refractivity contribution is 0.0289. The zero-order valence-corrected chi connectivity index (χ0v) is 22.6. The van der Waals surface area contributed by atoms with Gasteiger partial charge in [-0.2, -0.15) is 0 Å². The van der Waals surface area contributed by atoms with Crippen molar-refractivity contribution in [1.29, 1.82) is 0 Å². The molecule has 3 aromatic rings. The molecule has 1 amide bonds.